The maximum absolute atomic E-state index is 11.6. The van der Waals surface area contributed by atoms with Crippen molar-refractivity contribution in [3.63, 3.8) is 0 Å². The van der Waals surface area contributed by atoms with Crippen LogP contribution in [-0.4, -0.2) is 22.9 Å². The SMILES string of the molecule is CCOC(=O)[C@H]1CC(=O)c2cccn2C1. The highest BCUT2D eigenvalue weighted by Gasteiger charge is 2.30. The monoisotopic (exact) mass is 207 g/mol. The second-order valence-electron chi connectivity index (χ2n) is 3.62. The van der Waals surface area contributed by atoms with Crippen LogP contribution in [0.1, 0.15) is 23.8 Å². The van der Waals surface area contributed by atoms with Crippen LogP contribution < -0.4 is 0 Å². The lowest BCUT2D eigenvalue weighted by Crippen LogP contribution is -2.31. The number of hydrogen-bond donors (Lipinski definition) is 0. The summed E-state index contributed by atoms with van der Waals surface area (Å²) in [5, 5.41) is 0. The van der Waals surface area contributed by atoms with E-state index in [2.05, 4.69) is 0 Å². The molecule has 0 saturated heterocycles. The number of esters is 1. The lowest BCUT2D eigenvalue weighted by atomic mass is 9.97. The third-order valence-corrected chi connectivity index (χ3v) is 2.58. The molecule has 15 heavy (non-hydrogen) atoms. The first kappa shape index (κ1) is 9.96. The van der Waals surface area contributed by atoms with Gasteiger partial charge in [-0.2, -0.15) is 0 Å². The molecule has 1 aliphatic rings. The van der Waals surface area contributed by atoms with E-state index in [1.165, 1.54) is 0 Å². The number of aromatic nitrogens is 1. The molecule has 0 unspecified atom stereocenters. The van der Waals surface area contributed by atoms with Crippen molar-refractivity contribution in [1.82, 2.24) is 4.57 Å². The average molecular weight is 207 g/mol. The van der Waals surface area contributed by atoms with Gasteiger partial charge in [0.25, 0.3) is 0 Å². The first-order chi connectivity index (χ1) is 7.22. The predicted molar refractivity (Wildman–Crippen MR) is 53.5 cm³/mol. The molecule has 0 aromatic carbocycles. The number of carbonyl (C=O) groups is 2. The first-order valence-electron chi connectivity index (χ1n) is 5.07. The number of hydrogen-bond acceptors (Lipinski definition) is 3. The smallest absolute Gasteiger partial charge is 0.311 e. The topological polar surface area (TPSA) is 48.3 Å². The van der Waals surface area contributed by atoms with Crippen molar-refractivity contribution < 1.29 is 14.3 Å². The molecule has 0 saturated carbocycles. The van der Waals surface area contributed by atoms with E-state index in [0.717, 1.165) is 0 Å². The lowest BCUT2D eigenvalue weighted by Gasteiger charge is -2.21. The Bertz CT molecular complexity index is 394. The molecule has 0 spiro atoms. The highest BCUT2D eigenvalue weighted by Crippen LogP contribution is 2.21. The summed E-state index contributed by atoms with van der Waals surface area (Å²) in [7, 11) is 0. The van der Waals surface area contributed by atoms with Crippen molar-refractivity contribution in [3.05, 3.63) is 24.0 Å². The maximum Gasteiger partial charge on any atom is 0.311 e. The Balaban J connectivity index is 2.16. The molecular formula is C11H13NO3. The predicted octanol–water partition coefficient (Wildman–Crippen LogP) is 1.25. The molecule has 1 aromatic rings. The van der Waals surface area contributed by atoms with Crippen LogP contribution in [0.3, 0.4) is 0 Å². The molecule has 1 atom stereocenters. The van der Waals surface area contributed by atoms with E-state index in [1.54, 1.807) is 13.0 Å². The summed E-state index contributed by atoms with van der Waals surface area (Å²) in [6.45, 7) is 2.68. The molecule has 0 N–H and O–H groups in total. The van der Waals surface area contributed by atoms with E-state index in [4.69, 9.17) is 4.74 Å². The zero-order valence-corrected chi connectivity index (χ0v) is 8.60. The van der Waals surface area contributed by atoms with Crippen molar-refractivity contribution in [1.29, 1.82) is 0 Å². The van der Waals surface area contributed by atoms with Gasteiger partial charge < -0.3 is 9.30 Å². The molecule has 0 amide bonds. The number of ketones is 1. The van der Waals surface area contributed by atoms with Gasteiger partial charge >= 0.3 is 5.97 Å². The molecule has 1 aliphatic heterocycles. The van der Waals surface area contributed by atoms with E-state index >= 15 is 0 Å². The van der Waals surface area contributed by atoms with Crippen LogP contribution >= 0.6 is 0 Å². The summed E-state index contributed by atoms with van der Waals surface area (Å²) in [4.78, 5) is 23.1. The molecule has 0 aliphatic carbocycles. The van der Waals surface area contributed by atoms with E-state index in [9.17, 15) is 9.59 Å². The van der Waals surface area contributed by atoms with Crippen molar-refractivity contribution in [3.8, 4) is 0 Å². The van der Waals surface area contributed by atoms with Crippen molar-refractivity contribution in [2.24, 2.45) is 5.92 Å². The standard InChI is InChI=1S/C11H13NO3/c1-2-15-11(14)8-6-10(13)9-4-3-5-12(9)7-8/h3-5,8H,2,6-7H2,1H3/t8-/m0/s1. The minimum atomic E-state index is -0.322. The molecule has 0 fully saturated rings. The number of fused-ring (bicyclic) bond motifs is 1. The fraction of sp³-hybridized carbons (Fsp3) is 0.455. The highest BCUT2D eigenvalue weighted by molar-refractivity contribution is 5.97. The molecule has 4 heteroatoms. The van der Waals surface area contributed by atoms with Crippen LogP contribution in [-0.2, 0) is 16.1 Å². The van der Waals surface area contributed by atoms with Gasteiger partial charge in [-0.25, -0.2) is 0 Å². The second kappa shape index (κ2) is 3.88. The van der Waals surface area contributed by atoms with E-state index in [-0.39, 0.29) is 24.1 Å². The molecule has 80 valence electrons. The Labute approximate surface area is 87.8 Å². The number of carbonyl (C=O) groups excluding carboxylic acids is 2. The van der Waals surface area contributed by atoms with Gasteiger partial charge in [0.05, 0.1) is 18.2 Å². The minimum Gasteiger partial charge on any atom is -0.466 e. The van der Waals surface area contributed by atoms with Crippen LogP contribution in [0.2, 0.25) is 0 Å². The molecule has 2 rings (SSSR count). The molecule has 1 aromatic heterocycles. The lowest BCUT2D eigenvalue weighted by molar-refractivity contribution is -0.148. The van der Waals surface area contributed by atoms with Gasteiger partial charge in [0.1, 0.15) is 0 Å². The van der Waals surface area contributed by atoms with Crippen molar-refractivity contribution in [2.75, 3.05) is 6.61 Å². The van der Waals surface area contributed by atoms with Crippen molar-refractivity contribution >= 4 is 11.8 Å². The Kier molecular flexibility index (Phi) is 2.58. The van der Waals surface area contributed by atoms with Crippen LogP contribution in [0.4, 0.5) is 0 Å². The van der Waals surface area contributed by atoms with Crippen molar-refractivity contribution in [2.45, 2.75) is 19.9 Å². The zero-order valence-electron chi connectivity index (χ0n) is 8.60. The fourth-order valence-electron chi connectivity index (χ4n) is 1.87. The molecule has 0 bridgehead atoms. The van der Waals surface area contributed by atoms with Crippen LogP contribution in [0.5, 0.6) is 0 Å². The molecule has 4 nitrogen and oxygen atoms in total. The first-order valence-corrected chi connectivity index (χ1v) is 5.07. The van der Waals surface area contributed by atoms with Gasteiger partial charge in [-0.05, 0) is 19.1 Å². The largest absolute Gasteiger partial charge is 0.466 e. The summed E-state index contributed by atoms with van der Waals surface area (Å²) >= 11 is 0. The van der Waals surface area contributed by atoms with Gasteiger partial charge in [0, 0.05) is 19.2 Å². The fourth-order valence-corrected chi connectivity index (χ4v) is 1.87. The summed E-state index contributed by atoms with van der Waals surface area (Å²) < 4.78 is 6.73. The summed E-state index contributed by atoms with van der Waals surface area (Å²) in [6.07, 6.45) is 2.08. The summed E-state index contributed by atoms with van der Waals surface area (Å²) in [5.41, 5.74) is 0.690. The molecular weight excluding hydrogens is 194 g/mol. The van der Waals surface area contributed by atoms with E-state index in [1.807, 2.05) is 16.8 Å². The van der Waals surface area contributed by atoms with Crippen LogP contribution in [0.25, 0.3) is 0 Å². The maximum atomic E-state index is 11.6. The average Bonchev–Trinajstić information content (AvgIpc) is 2.66. The number of nitrogens with zero attached hydrogens (tertiary/aromatic N) is 1. The summed E-state index contributed by atoms with van der Waals surface area (Å²) in [5.74, 6) is -0.577. The third kappa shape index (κ3) is 1.79. The second-order valence-corrected chi connectivity index (χ2v) is 3.62. The quantitative estimate of drug-likeness (QED) is 0.686. The van der Waals surface area contributed by atoms with Gasteiger partial charge in [-0.1, -0.05) is 0 Å². The Morgan fingerprint density at radius 1 is 1.67 bits per heavy atom. The van der Waals surface area contributed by atoms with Gasteiger partial charge in [0.15, 0.2) is 5.78 Å². The van der Waals surface area contributed by atoms with Gasteiger partial charge in [-0.15, -0.1) is 0 Å². The Morgan fingerprint density at radius 2 is 2.47 bits per heavy atom. The number of rotatable bonds is 2. The third-order valence-electron chi connectivity index (χ3n) is 2.58. The Morgan fingerprint density at radius 3 is 3.20 bits per heavy atom. The zero-order chi connectivity index (χ0) is 10.8. The molecule has 2 heterocycles. The van der Waals surface area contributed by atoms with Crippen LogP contribution in [0, 0.1) is 5.92 Å². The Hall–Kier alpha value is -1.58. The van der Waals surface area contributed by atoms with Gasteiger partial charge in [-0.3, -0.25) is 9.59 Å². The number of ether oxygens (including phenoxy) is 1. The van der Waals surface area contributed by atoms with Gasteiger partial charge in [0.2, 0.25) is 0 Å². The van der Waals surface area contributed by atoms with E-state index in [0.29, 0.717) is 18.8 Å². The molecule has 0 radical (unpaired) electrons. The van der Waals surface area contributed by atoms with Crippen LogP contribution in [0.15, 0.2) is 18.3 Å². The normalized spacial score (nSPS) is 19.8. The summed E-state index contributed by atoms with van der Waals surface area (Å²) in [6, 6.07) is 3.60. The minimum absolute atomic E-state index is 0.0179. The number of Topliss-reactive ketones (excluding diaryl/α,β-unsaturated/α-hetero) is 1. The van der Waals surface area contributed by atoms with E-state index < -0.39 is 0 Å². The highest BCUT2D eigenvalue weighted by atomic mass is 16.5.